The van der Waals surface area contributed by atoms with Crippen molar-refractivity contribution in [1.29, 1.82) is 0 Å². The zero-order chi connectivity index (χ0) is 10.5. The standard InChI is InChI=1S/C10H13N3O2/c1-2-5-11-7-9-12-10(13-15-9)8-4-3-6-14-8/h1,8,11H,3-7H2. The Labute approximate surface area is 88.2 Å². The SMILES string of the molecule is C#CCNCc1nc(C2CCCO2)no1. The van der Waals surface area contributed by atoms with Crippen LogP contribution in [0.15, 0.2) is 4.52 Å². The van der Waals surface area contributed by atoms with Crippen LogP contribution in [0.5, 0.6) is 0 Å². The predicted octanol–water partition coefficient (Wildman–Crippen LogP) is 0.644. The molecule has 0 aliphatic carbocycles. The van der Waals surface area contributed by atoms with Crippen molar-refractivity contribution in [3.05, 3.63) is 11.7 Å². The molecule has 0 bridgehead atoms. The van der Waals surface area contributed by atoms with E-state index >= 15 is 0 Å². The van der Waals surface area contributed by atoms with Gasteiger partial charge in [-0.2, -0.15) is 4.98 Å². The molecule has 1 fully saturated rings. The van der Waals surface area contributed by atoms with Crippen LogP contribution >= 0.6 is 0 Å². The summed E-state index contributed by atoms with van der Waals surface area (Å²) >= 11 is 0. The second kappa shape index (κ2) is 4.91. The molecule has 1 aromatic rings. The van der Waals surface area contributed by atoms with E-state index in [4.69, 9.17) is 15.7 Å². The number of rotatable bonds is 4. The van der Waals surface area contributed by atoms with Gasteiger partial charge in [0.2, 0.25) is 11.7 Å². The molecular weight excluding hydrogens is 194 g/mol. The molecule has 80 valence electrons. The zero-order valence-electron chi connectivity index (χ0n) is 8.40. The molecule has 1 aliphatic rings. The van der Waals surface area contributed by atoms with E-state index < -0.39 is 0 Å². The smallest absolute Gasteiger partial charge is 0.240 e. The molecule has 1 N–H and O–H groups in total. The first-order valence-electron chi connectivity index (χ1n) is 4.98. The maximum atomic E-state index is 5.44. The fourth-order valence-corrected chi connectivity index (χ4v) is 1.49. The van der Waals surface area contributed by atoms with Gasteiger partial charge in [-0.3, -0.25) is 5.32 Å². The van der Waals surface area contributed by atoms with Gasteiger partial charge in [-0.15, -0.1) is 6.42 Å². The molecule has 0 spiro atoms. The average Bonchev–Trinajstić information content (AvgIpc) is 2.87. The average molecular weight is 207 g/mol. The largest absolute Gasteiger partial charge is 0.370 e. The summed E-state index contributed by atoms with van der Waals surface area (Å²) < 4.78 is 10.5. The Morgan fingerprint density at radius 1 is 1.60 bits per heavy atom. The number of hydrogen-bond donors (Lipinski definition) is 1. The summed E-state index contributed by atoms with van der Waals surface area (Å²) in [6, 6.07) is 0. The van der Waals surface area contributed by atoms with Crippen LogP contribution in [0.2, 0.25) is 0 Å². The highest BCUT2D eigenvalue weighted by molar-refractivity contribution is 4.94. The van der Waals surface area contributed by atoms with Crippen molar-refractivity contribution in [1.82, 2.24) is 15.5 Å². The van der Waals surface area contributed by atoms with Crippen LogP contribution in [0, 0.1) is 12.3 Å². The fraction of sp³-hybridized carbons (Fsp3) is 0.600. The van der Waals surface area contributed by atoms with Gasteiger partial charge in [0.15, 0.2) is 0 Å². The summed E-state index contributed by atoms with van der Waals surface area (Å²) in [6.45, 7) is 1.78. The minimum absolute atomic E-state index is 0.00938. The highest BCUT2D eigenvalue weighted by atomic mass is 16.5. The second-order valence-electron chi connectivity index (χ2n) is 3.36. The molecule has 2 heterocycles. The van der Waals surface area contributed by atoms with E-state index in [0.717, 1.165) is 19.4 Å². The van der Waals surface area contributed by atoms with E-state index in [2.05, 4.69) is 21.4 Å². The molecule has 1 saturated heterocycles. The quantitative estimate of drug-likeness (QED) is 0.580. The first-order valence-corrected chi connectivity index (χ1v) is 4.98. The number of hydrogen-bond acceptors (Lipinski definition) is 5. The monoisotopic (exact) mass is 207 g/mol. The molecule has 1 unspecified atom stereocenters. The Hall–Kier alpha value is -1.38. The van der Waals surface area contributed by atoms with Crippen LogP contribution in [0.3, 0.4) is 0 Å². The van der Waals surface area contributed by atoms with E-state index in [-0.39, 0.29) is 6.10 Å². The zero-order valence-corrected chi connectivity index (χ0v) is 8.40. The van der Waals surface area contributed by atoms with Crippen molar-refractivity contribution in [3.8, 4) is 12.3 Å². The van der Waals surface area contributed by atoms with Crippen LogP contribution in [0.4, 0.5) is 0 Å². The minimum atomic E-state index is 0.00938. The molecule has 1 aliphatic heterocycles. The summed E-state index contributed by atoms with van der Waals surface area (Å²) in [6.07, 6.45) is 7.14. The molecular formula is C10H13N3O2. The van der Waals surface area contributed by atoms with Crippen LogP contribution in [0.1, 0.15) is 30.7 Å². The van der Waals surface area contributed by atoms with E-state index in [1.165, 1.54) is 0 Å². The van der Waals surface area contributed by atoms with Gasteiger partial charge in [-0.1, -0.05) is 11.1 Å². The van der Waals surface area contributed by atoms with Crippen LogP contribution in [-0.4, -0.2) is 23.3 Å². The van der Waals surface area contributed by atoms with Crippen LogP contribution in [0.25, 0.3) is 0 Å². The Morgan fingerprint density at radius 3 is 3.27 bits per heavy atom. The summed E-state index contributed by atoms with van der Waals surface area (Å²) in [5, 5.41) is 6.86. The van der Waals surface area contributed by atoms with Gasteiger partial charge >= 0.3 is 0 Å². The minimum Gasteiger partial charge on any atom is -0.370 e. The number of aromatic nitrogens is 2. The van der Waals surface area contributed by atoms with Gasteiger partial charge in [0.1, 0.15) is 6.10 Å². The van der Waals surface area contributed by atoms with E-state index in [1.54, 1.807) is 0 Å². The third-order valence-electron chi connectivity index (χ3n) is 2.20. The Morgan fingerprint density at radius 2 is 2.53 bits per heavy atom. The van der Waals surface area contributed by atoms with Gasteiger partial charge in [-0.05, 0) is 12.8 Å². The fourth-order valence-electron chi connectivity index (χ4n) is 1.49. The second-order valence-corrected chi connectivity index (χ2v) is 3.36. The first kappa shape index (κ1) is 10.1. The summed E-state index contributed by atoms with van der Waals surface area (Å²) in [5.41, 5.74) is 0. The highest BCUT2D eigenvalue weighted by Crippen LogP contribution is 2.25. The summed E-state index contributed by atoms with van der Waals surface area (Å²) in [7, 11) is 0. The van der Waals surface area contributed by atoms with Crippen molar-refractivity contribution in [2.45, 2.75) is 25.5 Å². The molecule has 15 heavy (non-hydrogen) atoms. The van der Waals surface area contributed by atoms with Crippen LogP contribution < -0.4 is 5.32 Å². The molecule has 5 nitrogen and oxygen atoms in total. The topological polar surface area (TPSA) is 60.2 Å². The lowest BCUT2D eigenvalue weighted by molar-refractivity contribution is 0.103. The molecule has 1 atom stereocenters. The lowest BCUT2D eigenvalue weighted by Gasteiger charge is -2.00. The highest BCUT2D eigenvalue weighted by Gasteiger charge is 2.22. The van der Waals surface area contributed by atoms with Crippen molar-refractivity contribution >= 4 is 0 Å². The number of nitrogens with zero attached hydrogens (tertiary/aromatic N) is 2. The lowest BCUT2D eigenvalue weighted by atomic mass is 10.2. The molecule has 0 saturated carbocycles. The number of ether oxygens (including phenoxy) is 1. The Bertz CT molecular complexity index is 350. The maximum Gasteiger partial charge on any atom is 0.240 e. The third kappa shape index (κ3) is 2.55. The van der Waals surface area contributed by atoms with Gasteiger partial charge in [0, 0.05) is 6.61 Å². The van der Waals surface area contributed by atoms with Crippen LogP contribution in [-0.2, 0) is 11.3 Å². The predicted molar refractivity (Wildman–Crippen MR) is 52.8 cm³/mol. The van der Waals surface area contributed by atoms with Gasteiger partial charge < -0.3 is 9.26 Å². The van der Waals surface area contributed by atoms with E-state index in [1.807, 2.05) is 0 Å². The molecule has 0 amide bonds. The molecule has 2 rings (SSSR count). The third-order valence-corrected chi connectivity index (χ3v) is 2.20. The molecule has 0 radical (unpaired) electrons. The van der Waals surface area contributed by atoms with Crippen molar-refractivity contribution in [2.24, 2.45) is 0 Å². The van der Waals surface area contributed by atoms with E-state index in [0.29, 0.717) is 24.8 Å². The van der Waals surface area contributed by atoms with E-state index in [9.17, 15) is 0 Å². The summed E-state index contributed by atoms with van der Waals surface area (Å²) in [4.78, 5) is 4.23. The number of nitrogens with one attached hydrogen (secondary N) is 1. The molecule has 0 aromatic carbocycles. The van der Waals surface area contributed by atoms with Gasteiger partial charge in [-0.25, -0.2) is 0 Å². The molecule has 5 heteroatoms. The van der Waals surface area contributed by atoms with Crippen molar-refractivity contribution < 1.29 is 9.26 Å². The molecule has 1 aromatic heterocycles. The lowest BCUT2D eigenvalue weighted by Crippen LogP contribution is -2.13. The maximum absolute atomic E-state index is 5.44. The van der Waals surface area contributed by atoms with Crippen molar-refractivity contribution in [2.75, 3.05) is 13.2 Å². The normalized spacial score (nSPS) is 20.3. The Balaban J connectivity index is 1.89. The summed E-state index contributed by atoms with van der Waals surface area (Å²) in [5.74, 6) is 3.67. The number of terminal acetylenes is 1. The first-order chi connectivity index (χ1) is 7.40. The Kier molecular flexibility index (Phi) is 3.33. The van der Waals surface area contributed by atoms with Crippen molar-refractivity contribution in [3.63, 3.8) is 0 Å². The van der Waals surface area contributed by atoms with Gasteiger partial charge in [0.25, 0.3) is 0 Å². The van der Waals surface area contributed by atoms with Gasteiger partial charge in [0.05, 0.1) is 13.1 Å².